The third kappa shape index (κ3) is 2.54. The van der Waals surface area contributed by atoms with Crippen LogP contribution in [0.2, 0.25) is 0 Å². The summed E-state index contributed by atoms with van der Waals surface area (Å²) in [4.78, 5) is 24.9. The summed E-state index contributed by atoms with van der Waals surface area (Å²) in [5, 5.41) is 10.1. The van der Waals surface area contributed by atoms with Crippen LogP contribution >= 0.6 is 0 Å². The zero-order valence-electron chi connectivity index (χ0n) is 13.3. The maximum Gasteiger partial charge on any atom is 0.410 e. The molecule has 0 radical (unpaired) electrons. The minimum Gasteiger partial charge on any atom is -0.478 e. The number of amides is 1. The van der Waals surface area contributed by atoms with Crippen molar-refractivity contribution >= 4 is 23.0 Å². The Morgan fingerprint density at radius 3 is 2.74 bits per heavy atom. The van der Waals surface area contributed by atoms with Gasteiger partial charge in [0.15, 0.2) is 0 Å². The number of carbonyl (C=O) groups excluding carboxylic acids is 1. The summed E-state index contributed by atoms with van der Waals surface area (Å²) in [5.41, 5.74) is 3.50. The Labute approximate surface area is 134 Å². The first-order valence-electron chi connectivity index (χ1n) is 7.85. The molecular weight excluding hydrogens is 296 g/mol. The van der Waals surface area contributed by atoms with Crippen molar-refractivity contribution in [3.63, 3.8) is 0 Å². The van der Waals surface area contributed by atoms with E-state index in [0.29, 0.717) is 19.7 Å². The summed E-state index contributed by atoms with van der Waals surface area (Å²) < 4.78 is 7.30. The van der Waals surface area contributed by atoms with Gasteiger partial charge in [0, 0.05) is 41.7 Å². The number of carbonyl (C=O) groups is 2. The molecule has 1 aliphatic heterocycles. The van der Waals surface area contributed by atoms with E-state index in [0.717, 1.165) is 29.4 Å². The van der Waals surface area contributed by atoms with Crippen LogP contribution in [0.3, 0.4) is 0 Å². The molecule has 0 fully saturated rings. The van der Waals surface area contributed by atoms with Crippen LogP contribution in [0.1, 0.15) is 35.5 Å². The van der Waals surface area contributed by atoms with E-state index in [1.165, 1.54) is 5.69 Å². The second kappa shape index (κ2) is 5.95. The maximum atomic E-state index is 12.0. The topological polar surface area (TPSA) is 71.8 Å². The third-order valence-corrected chi connectivity index (χ3v) is 4.34. The lowest BCUT2D eigenvalue weighted by molar-refractivity contribution is 0.0696. The van der Waals surface area contributed by atoms with Crippen LogP contribution in [0.25, 0.3) is 10.9 Å². The van der Waals surface area contributed by atoms with Crippen LogP contribution in [0, 0.1) is 0 Å². The number of hydrogen-bond donors (Lipinski definition) is 1. The number of aryl methyl sites for hydroxylation is 1. The number of carboxylic acids is 1. The summed E-state index contributed by atoms with van der Waals surface area (Å²) in [6.07, 6.45) is 0.434. The molecule has 0 atom stereocenters. The first kappa shape index (κ1) is 15.4. The van der Waals surface area contributed by atoms with Crippen molar-refractivity contribution in [1.82, 2.24) is 9.47 Å². The van der Waals surface area contributed by atoms with E-state index in [-0.39, 0.29) is 11.7 Å². The van der Waals surface area contributed by atoms with E-state index < -0.39 is 5.97 Å². The average molecular weight is 316 g/mol. The van der Waals surface area contributed by atoms with Crippen LogP contribution < -0.4 is 0 Å². The van der Waals surface area contributed by atoms with E-state index in [9.17, 15) is 14.7 Å². The molecule has 0 saturated carbocycles. The van der Waals surface area contributed by atoms with Crippen molar-refractivity contribution < 1.29 is 19.4 Å². The molecule has 3 rings (SSSR count). The van der Waals surface area contributed by atoms with Gasteiger partial charge in [-0.3, -0.25) is 0 Å². The summed E-state index contributed by atoms with van der Waals surface area (Å²) in [6.45, 7) is 6.10. The van der Waals surface area contributed by atoms with Gasteiger partial charge in [0.1, 0.15) is 0 Å². The normalized spacial score (nSPS) is 13.9. The minimum atomic E-state index is -0.942. The molecule has 1 aromatic carbocycles. The zero-order valence-corrected chi connectivity index (χ0v) is 13.3. The molecule has 23 heavy (non-hydrogen) atoms. The van der Waals surface area contributed by atoms with Crippen LogP contribution in [0.15, 0.2) is 18.2 Å². The Hall–Kier alpha value is -2.50. The van der Waals surface area contributed by atoms with E-state index >= 15 is 0 Å². The summed E-state index contributed by atoms with van der Waals surface area (Å²) in [5.74, 6) is -0.942. The SMILES string of the molecule is CCOC(=O)N1CCc2c(c3cc(C(=O)O)ccc3n2CC)C1. The predicted molar refractivity (Wildman–Crippen MR) is 85.7 cm³/mol. The number of nitrogens with zero attached hydrogens (tertiary/aromatic N) is 2. The highest BCUT2D eigenvalue weighted by molar-refractivity contribution is 5.95. The number of benzene rings is 1. The number of ether oxygens (including phenoxy) is 1. The number of carboxylic acid groups (broad SMARTS) is 1. The molecule has 122 valence electrons. The van der Waals surface area contributed by atoms with Gasteiger partial charge < -0.3 is 19.3 Å². The van der Waals surface area contributed by atoms with Crippen molar-refractivity contribution in [2.24, 2.45) is 0 Å². The van der Waals surface area contributed by atoms with Gasteiger partial charge in [-0.25, -0.2) is 9.59 Å². The van der Waals surface area contributed by atoms with Crippen LogP contribution in [-0.2, 0) is 24.2 Å². The number of hydrogen-bond acceptors (Lipinski definition) is 3. The zero-order chi connectivity index (χ0) is 16.6. The minimum absolute atomic E-state index is 0.266. The third-order valence-electron chi connectivity index (χ3n) is 4.34. The highest BCUT2D eigenvalue weighted by Gasteiger charge is 2.27. The predicted octanol–water partition coefficient (Wildman–Crippen LogP) is 2.87. The lowest BCUT2D eigenvalue weighted by Crippen LogP contribution is -2.36. The molecule has 6 nitrogen and oxygen atoms in total. The molecule has 2 heterocycles. The molecule has 6 heteroatoms. The first-order valence-corrected chi connectivity index (χ1v) is 7.85. The standard InChI is InChI=1S/C17H20N2O4/c1-3-19-14-6-5-11(16(20)21)9-12(14)13-10-18(8-7-15(13)19)17(22)23-4-2/h5-6,9H,3-4,7-8,10H2,1-2H3,(H,20,21). The van der Waals surface area contributed by atoms with Crippen molar-refractivity contribution in [2.45, 2.75) is 33.4 Å². The van der Waals surface area contributed by atoms with Gasteiger partial charge in [-0.1, -0.05) is 0 Å². The first-order chi connectivity index (χ1) is 11.1. The van der Waals surface area contributed by atoms with Crippen LogP contribution in [0.5, 0.6) is 0 Å². The van der Waals surface area contributed by atoms with E-state index in [2.05, 4.69) is 11.5 Å². The second-order valence-corrected chi connectivity index (χ2v) is 5.58. The lowest BCUT2D eigenvalue weighted by atomic mass is 10.0. The van der Waals surface area contributed by atoms with Crippen molar-refractivity contribution in [1.29, 1.82) is 0 Å². The van der Waals surface area contributed by atoms with Crippen molar-refractivity contribution in [3.8, 4) is 0 Å². The second-order valence-electron chi connectivity index (χ2n) is 5.58. The van der Waals surface area contributed by atoms with Gasteiger partial charge in [-0.2, -0.15) is 0 Å². The largest absolute Gasteiger partial charge is 0.478 e. The molecule has 0 spiro atoms. The summed E-state index contributed by atoms with van der Waals surface area (Å²) in [7, 11) is 0. The smallest absolute Gasteiger partial charge is 0.410 e. The van der Waals surface area contributed by atoms with Gasteiger partial charge in [0.25, 0.3) is 0 Å². The maximum absolute atomic E-state index is 12.0. The molecule has 0 bridgehead atoms. The fourth-order valence-electron chi connectivity index (χ4n) is 3.31. The Morgan fingerprint density at radius 2 is 2.09 bits per heavy atom. The van der Waals surface area contributed by atoms with Crippen molar-refractivity contribution in [3.05, 3.63) is 35.0 Å². The Kier molecular flexibility index (Phi) is 3.98. The summed E-state index contributed by atoms with van der Waals surface area (Å²) >= 11 is 0. The van der Waals surface area contributed by atoms with E-state index in [1.807, 2.05) is 6.07 Å². The fourth-order valence-corrected chi connectivity index (χ4v) is 3.31. The highest BCUT2D eigenvalue weighted by Crippen LogP contribution is 2.32. The Morgan fingerprint density at radius 1 is 1.30 bits per heavy atom. The molecule has 0 aliphatic carbocycles. The highest BCUT2D eigenvalue weighted by atomic mass is 16.6. The number of rotatable bonds is 3. The molecule has 1 aromatic heterocycles. The quantitative estimate of drug-likeness (QED) is 0.945. The van der Waals surface area contributed by atoms with Gasteiger partial charge >= 0.3 is 12.1 Å². The number of aromatic carboxylic acids is 1. The van der Waals surface area contributed by atoms with Gasteiger partial charge in [0.2, 0.25) is 0 Å². The Bertz CT molecular complexity index is 778. The van der Waals surface area contributed by atoms with Crippen LogP contribution in [-0.4, -0.2) is 39.8 Å². The Balaban J connectivity index is 2.09. The molecule has 1 N–H and O–H groups in total. The molecule has 2 aromatic rings. The number of aromatic nitrogens is 1. The molecule has 1 aliphatic rings. The molecular formula is C17H20N2O4. The van der Waals surface area contributed by atoms with Gasteiger partial charge in [0.05, 0.1) is 18.7 Å². The molecule has 0 unspecified atom stereocenters. The van der Waals surface area contributed by atoms with E-state index in [1.54, 1.807) is 24.0 Å². The lowest BCUT2D eigenvalue weighted by Gasteiger charge is -2.27. The van der Waals surface area contributed by atoms with Gasteiger partial charge in [-0.15, -0.1) is 0 Å². The molecule has 0 saturated heterocycles. The number of fused-ring (bicyclic) bond motifs is 3. The van der Waals surface area contributed by atoms with Crippen molar-refractivity contribution in [2.75, 3.05) is 13.2 Å². The molecule has 1 amide bonds. The van der Waals surface area contributed by atoms with Gasteiger partial charge in [-0.05, 0) is 32.0 Å². The monoisotopic (exact) mass is 316 g/mol. The summed E-state index contributed by atoms with van der Waals surface area (Å²) in [6, 6.07) is 5.19. The average Bonchev–Trinajstić information content (AvgIpc) is 2.87. The van der Waals surface area contributed by atoms with Crippen LogP contribution in [0.4, 0.5) is 4.79 Å². The fraction of sp³-hybridized carbons (Fsp3) is 0.412. The van der Waals surface area contributed by atoms with E-state index in [4.69, 9.17) is 4.74 Å².